The van der Waals surface area contributed by atoms with Crippen LogP contribution in [-0.4, -0.2) is 22.6 Å². The van der Waals surface area contributed by atoms with Gasteiger partial charge in [0.25, 0.3) is 0 Å². The van der Waals surface area contributed by atoms with Crippen LogP contribution in [0.4, 0.5) is 10.5 Å². The average Bonchev–Trinajstić information content (AvgIpc) is 2.52. The van der Waals surface area contributed by atoms with Gasteiger partial charge in [-0.2, -0.15) is 0 Å². The van der Waals surface area contributed by atoms with Gasteiger partial charge in [-0.3, -0.25) is 10.3 Å². The topological polar surface area (TPSA) is 77.5 Å². The number of esters is 1. The lowest BCUT2D eigenvalue weighted by molar-refractivity contribution is 0.0467. The van der Waals surface area contributed by atoms with Crippen molar-refractivity contribution >= 4 is 17.7 Å². The summed E-state index contributed by atoms with van der Waals surface area (Å²) >= 11 is 0. The lowest BCUT2D eigenvalue weighted by Crippen LogP contribution is -2.27. The van der Waals surface area contributed by atoms with Crippen LogP contribution in [0.2, 0.25) is 0 Å². The van der Waals surface area contributed by atoms with Crippen molar-refractivity contribution in [2.24, 2.45) is 0 Å². The van der Waals surface area contributed by atoms with Gasteiger partial charge in [-0.1, -0.05) is 12.1 Å². The van der Waals surface area contributed by atoms with E-state index in [-0.39, 0.29) is 6.61 Å². The number of anilines is 1. The number of rotatable bonds is 4. The fourth-order valence-electron chi connectivity index (χ4n) is 1.85. The minimum atomic E-state index is -0.594. The first-order valence-electron chi connectivity index (χ1n) is 7.50. The summed E-state index contributed by atoms with van der Waals surface area (Å²) < 4.78 is 10.4. The molecule has 2 rings (SSSR count). The van der Waals surface area contributed by atoms with E-state index in [1.54, 1.807) is 57.3 Å². The van der Waals surface area contributed by atoms with Crippen molar-refractivity contribution in [3.8, 4) is 0 Å². The van der Waals surface area contributed by atoms with Crippen LogP contribution in [0, 0.1) is 0 Å². The van der Waals surface area contributed by atoms with Gasteiger partial charge in [0.1, 0.15) is 12.2 Å². The van der Waals surface area contributed by atoms with E-state index >= 15 is 0 Å². The molecule has 0 aliphatic carbocycles. The molecule has 0 radical (unpaired) electrons. The monoisotopic (exact) mass is 328 g/mol. The van der Waals surface area contributed by atoms with E-state index in [4.69, 9.17) is 9.47 Å². The molecule has 126 valence electrons. The van der Waals surface area contributed by atoms with E-state index < -0.39 is 17.7 Å². The predicted molar refractivity (Wildman–Crippen MR) is 89.7 cm³/mol. The Kier molecular flexibility index (Phi) is 5.52. The van der Waals surface area contributed by atoms with Crippen LogP contribution in [-0.2, 0) is 16.1 Å². The third-order valence-corrected chi connectivity index (χ3v) is 2.82. The van der Waals surface area contributed by atoms with Gasteiger partial charge in [0, 0.05) is 11.9 Å². The third kappa shape index (κ3) is 5.72. The van der Waals surface area contributed by atoms with Crippen molar-refractivity contribution in [3.05, 3.63) is 59.9 Å². The van der Waals surface area contributed by atoms with Crippen LogP contribution in [0.25, 0.3) is 0 Å². The number of ether oxygens (including phenoxy) is 2. The number of benzene rings is 1. The number of hydrogen-bond donors (Lipinski definition) is 1. The molecule has 0 atom stereocenters. The van der Waals surface area contributed by atoms with Gasteiger partial charge in [0.05, 0.1) is 11.3 Å². The number of nitrogens with zero attached hydrogens (tertiary/aromatic N) is 1. The van der Waals surface area contributed by atoms with Crippen LogP contribution in [0.5, 0.6) is 0 Å². The van der Waals surface area contributed by atoms with E-state index in [2.05, 4.69) is 10.3 Å². The molecule has 1 N–H and O–H groups in total. The zero-order valence-corrected chi connectivity index (χ0v) is 13.9. The van der Waals surface area contributed by atoms with Crippen LogP contribution < -0.4 is 5.32 Å². The molecule has 0 aliphatic rings. The molecule has 0 saturated heterocycles. The van der Waals surface area contributed by atoms with Gasteiger partial charge in [0.15, 0.2) is 0 Å². The molecule has 0 bridgehead atoms. The van der Waals surface area contributed by atoms with E-state index in [1.165, 1.54) is 6.07 Å². The minimum absolute atomic E-state index is 0.0867. The van der Waals surface area contributed by atoms with Gasteiger partial charge in [0.2, 0.25) is 0 Å². The lowest BCUT2D eigenvalue weighted by atomic mass is 10.2. The number of hydrogen-bond acceptors (Lipinski definition) is 5. The number of amides is 1. The SMILES string of the molecule is CC(C)(C)OC(=O)Nc1cccc(C(=O)OCc2ccccn2)c1. The van der Waals surface area contributed by atoms with Crippen molar-refractivity contribution in [3.63, 3.8) is 0 Å². The second-order valence-electron chi connectivity index (χ2n) is 6.10. The molecule has 2 aromatic rings. The van der Waals surface area contributed by atoms with Crippen molar-refractivity contribution < 1.29 is 19.1 Å². The first-order chi connectivity index (χ1) is 11.3. The van der Waals surface area contributed by atoms with Crippen LogP contribution >= 0.6 is 0 Å². The molecular weight excluding hydrogens is 308 g/mol. The highest BCUT2D eigenvalue weighted by Crippen LogP contribution is 2.15. The Hall–Kier alpha value is -2.89. The number of carbonyl (C=O) groups excluding carboxylic acids is 2. The van der Waals surface area contributed by atoms with E-state index in [0.29, 0.717) is 16.9 Å². The van der Waals surface area contributed by atoms with Crippen LogP contribution in [0.15, 0.2) is 48.7 Å². The van der Waals surface area contributed by atoms with Crippen LogP contribution in [0.3, 0.4) is 0 Å². The summed E-state index contributed by atoms with van der Waals surface area (Å²) in [6.07, 6.45) is 1.05. The molecule has 0 saturated carbocycles. The van der Waals surface area contributed by atoms with E-state index in [0.717, 1.165) is 0 Å². The molecule has 24 heavy (non-hydrogen) atoms. The lowest BCUT2D eigenvalue weighted by Gasteiger charge is -2.19. The number of nitrogens with one attached hydrogen (secondary N) is 1. The second-order valence-corrected chi connectivity index (χ2v) is 6.10. The Balaban J connectivity index is 1.96. The first-order valence-corrected chi connectivity index (χ1v) is 7.50. The van der Waals surface area contributed by atoms with Gasteiger partial charge in [-0.15, -0.1) is 0 Å². The zero-order chi connectivity index (χ0) is 17.6. The van der Waals surface area contributed by atoms with Gasteiger partial charge in [-0.05, 0) is 51.1 Å². The summed E-state index contributed by atoms with van der Waals surface area (Å²) in [7, 11) is 0. The van der Waals surface area contributed by atoms with Crippen molar-refractivity contribution in [1.29, 1.82) is 0 Å². The molecule has 6 heteroatoms. The fraction of sp³-hybridized carbons (Fsp3) is 0.278. The van der Waals surface area contributed by atoms with Crippen molar-refractivity contribution in [1.82, 2.24) is 4.98 Å². The summed E-state index contributed by atoms with van der Waals surface area (Å²) in [5.41, 5.74) is 0.855. The first kappa shape index (κ1) is 17.5. The number of aromatic nitrogens is 1. The number of carbonyl (C=O) groups is 2. The predicted octanol–water partition coefficient (Wildman–Crippen LogP) is 3.79. The molecule has 1 aromatic carbocycles. The maximum absolute atomic E-state index is 12.1. The van der Waals surface area contributed by atoms with Crippen molar-refractivity contribution in [2.45, 2.75) is 33.0 Å². The maximum atomic E-state index is 12.1. The highest BCUT2D eigenvalue weighted by atomic mass is 16.6. The smallest absolute Gasteiger partial charge is 0.412 e. The summed E-state index contributed by atoms with van der Waals surface area (Å²) in [5.74, 6) is -0.492. The molecule has 6 nitrogen and oxygen atoms in total. The average molecular weight is 328 g/mol. The molecular formula is C18H20N2O4. The van der Waals surface area contributed by atoms with Gasteiger partial charge in [-0.25, -0.2) is 9.59 Å². The molecule has 0 spiro atoms. The fourth-order valence-corrected chi connectivity index (χ4v) is 1.85. The van der Waals surface area contributed by atoms with Crippen LogP contribution in [0.1, 0.15) is 36.8 Å². The Bertz CT molecular complexity index is 708. The Morgan fingerprint density at radius 1 is 1.12 bits per heavy atom. The van der Waals surface area contributed by atoms with Gasteiger partial charge >= 0.3 is 12.1 Å². The number of pyridine rings is 1. The zero-order valence-electron chi connectivity index (χ0n) is 13.9. The molecule has 0 aliphatic heterocycles. The second kappa shape index (κ2) is 7.59. The molecule has 1 aromatic heterocycles. The normalized spacial score (nSPS) is 10.8. The highest BCUT2D eigenvalue weighted by Gasteiger charge is 2.16. The molecule has 1 heterocycles. The summed E-state index contributed by atoms with van der Waals surface area (Å²) in [6.45, 7) is 5.41. The Morgan fingerprint density at radius 3 is 2.58 bits per heavy atom. The summed E-state index contributed by atoms with van der Waals surface area (Å²) in [4.78, 5) is 27.9. The summed E-state index contributed by atoms with van der Waals surface area (Å²) in [6, 6.07) is 11.8. The van der Waals surface area contributed by atoms with E-state index in [9.17, 15) is 9.59 Å². The Morgan fingerprint density at radius 2 is 1.92 bits per heavy atom. The molecule has 0 unspecified atom stereocenters. The van der Waals surface area contributed by atoms with Gasteiger partial charge < -0.3 is 9.47 Å². The maximum Gasteiger partial charge on any atom is 0.412 e. The molecule has 0 fully saturated rings. The molecule has 1 amide bonds. The quantitative estimate of drug-likeness (QED) is 0.864. The largest absolute Gasteiger partial charge is 0.456 e. The summed E-state index contributed by atoms with van der Waals surface area (Å²) in [5, 5.41) is 2.59. The van der Waals surface area contributed by atoms with Crippen molar-refractivity contribution in [2.75, 3.05) is 5.32 Å². The highest BCUT2D eigenvalue weighted by molar-refractivity contribution is 5.92. The standard InChI is InChI=1S/C18H20N2O4/c1-18(2,3)24-17(22)20-14-9-6-7-13(11-14)16(21)23-12-15-8-4-5-10-19-15/h4-11H,12H2,1-3H3,(H,20,22). The Labute approximate surface area is 140 Å². The van der Waals surface area contributed by atoms with E-state index in [1.807, 2.05) is 6.07 Å². The third-order valence-electron chi connectivity index (χ3n) is 2.82. The minimum Gasteiger partial charge on any atom is -0.456 e.